The second kappa shape index (κ2) is 6.43. The van der Waals surface area contributed by atoms with Gasteiger partial charge in [0, 0.05) is 6.20 Å². The molecule has 0 radical (unpaired) electrons. The summed E-state index contributed by atoms with van der Waals surface area (Å²) in [5.41, 5.74) is 2.75. The van der Waals surface area contributed by atoms with Crippen molar-refractivity contribution in [2.24, 2.45) is 11.0 Å². The van der Waals surface area contributed by atoms with E-state index >= 15 is 0 Å². The zero-order valence-electron chi connectivity index (χ0n) is 14.0. The number of hydrazone groups is 1. The lowest BCUT2D eigenvalue weighted by atomic mass is 9.89. The number of rotatable bonds is 4. The van der Waals surface area contributed by atoms with E-state index in [2.05, 4.69) is 36.1 Å². The summed E-state index contributed by atoms with van der Waals surface area (Å²) in [7, 11) is 0. The number of nitrogens with zero attached hydrogens (tertiary/aromatic N) is 3. The molecule has 5 heteroatoms. The second-order valence-electron chi connectivity index (χ2n) is 6.36. The van der Waals surface area contributed by atoms with Gasteiger partial charge in [0.05, 0.1) is 11.8 Å². The lowest BCUT2D eigenvalue weighted by molar-refractivity contribution is -0.139. The van der Waals surface area contributed by atoms with Crippen LogP contribution in [0.25, 0.3) is 0 Å². The third kappa shape index (κ3) is 2.89. The van der Waals surface area contributed by atoms with Crippen LogP contribution in [0.3, 0.4) is 0 Å². The van der Waals surface area contributed by atoms with E-state index in [1.54, 1.807) is 18.1 Å². The van der Waals surface area contributed by atoms with Gasteiger partial charge in [0.15, 0.2) is 0 Å². The smallest absolute Gasteiger partial charge is 0.314 e. The molecule has 2 heterocycles. The van der Waals surface area contributed by atoms with Crippen molar-refractivity contribution in [2.45, 2.75) is 32.7 Å². The van der Waals surface area contributed by atoms with E-state index in [9.17, 15) is 9.90 Å². The Hall–Kier alpha value is -2.69. The van der Waals surface area contributed by atoms with Gasteiger partial charge in [-0.15, -0.1) is 0 Å². The average Bonchev–Trinajstić information content (AvgIpc) is 2.93. The largest absolute Gasteiger partial charge is 0.481 e. The number of carboxylic acid groups (broad SMARTS) is 1. The van der Waals surface area contributed by atoms with Gasteiger partial charge in [0.1, 0.15) is 11.7 Å². The second-order valence-corrected chi connectivity index (χ2v) is 6.36. The maximum atomic E-state index is 11.8. The maximum Gasteiger partial charge on any atom is 0.314 e. The Morgan fingerprint density at radius 1 is 1.17 bits per heavy atom. The zero-order valence-corrected chi connectivity index (χ0v) is 14.0. The van der Waals surface area contributed by atoms with E-state index in [0.717, 1.165) is 5.56 Å². The molecule has 0 spiro atoms. The normalized spacial score (nSPS) is 20.3. The van der Waals surface area contributed by atoms with E-state index in [-0.39, 0.29) is 0 Å². The summed E-state index contributed by atoms with van der Waals surface area (Å²) in [4.78, 5) is 16.2. The van der Waals surface area contributed by atoms with Gasteiger partial charge < -0.3 is 5.11 Å². The fourth-order valence-electron chi connectivity index (χ4n) is 3.07. The van der Waals surface area contributed by atoms with Gasteiger partial charge in [-0.2, -0.15) is 5.10 Å². The average molecular weight is 323 g/mol. The summed E-state index contributed by atoms with van der Waals surface area (Å²) in [5.74, 6) is -0.467. The van der Waals surface area contributed by atoms with E-state index in [4.69, 9.17) is 0 Å². The Labute approximate surface area is 141 Å². The van der Waals surface area contributed by atoms with Gasteiger partial charge in [-0.3, -0.25) is 4.79 Å². The molecule has 2 aromatic rings. The summed E-state index contributed by atoms with van der Waals surface area (Å²) in [5, 5.41) is 15.9. The number of carboxylic acids is 1. The highest BCUT2D eigenvalue weighted by Crippen LogP contribution is 2.38. The first kappa shape index (κ1) is 16.2. The van der Waals surface area contributed by atoms with Crippen LogP contribution in [0.2, 0.25) is 0 Å². The van der Waals surface area contributed by atoms with Crippen LogP contribution in [0.4, 0.5) is 5.82 Å². The molecule has 1 aromatic heterocycles. The topological polar surface area (TPSA) is 65.8 Å². The molecule has 24 heavy (non-hydrogen) atoms. The van der Waals surface area contributed by atoms with Crippen molar-refractivity contribution in [2.75, 3.05) is 5.01 Å². The minimum Gasteiger partial charge on any atom is -0.481 e. The molecule has 1 N–H and O–H groups in total. The Morgan fingerprint density at radius 3 is 2.42 bits per heavy atom. The zero-order chi connectivity index (χ0) is 17.3. The van der Waals surface area contributed by atoms with Crippen LogP contribution in [0.15, 0.2) is 53.8 Å². The Balaban J connectivity index is 2.04. The summed E-state index contributed by atoms with van der Waals surface area (Å²) in [6.07, 6.45) is 1.69. The fourth-order valence-corrected chi connectivity index (χ4v) is 3.07. The summed E-state index contributed by atoms with van der Waals surface area (Å²) in [6, 6.07) is 13.3. The Bertz CT molecular complexity index is 754. The number of benzene rings is 1. The molecular weight excluding hydrogens is 302 g/mol. The molecule has 0 bridgehead atoms. The monoisotopic (exact) mass is 323 g/mol. The molecule has 0 saturated carbocycles. The molecule has 0 amide bonds. The van der Waals surface area contributed by atoms with Crippen molar-refractivity contribution >= 4 is 17.5 Å². The van der Waals surface area contributed by atoms with Crippen LogP contribution >= 0.6 is 0 Å². The van der Waals surface area contributed by atoms with Crippen molar-refractivity contribution in [1.82, 2.24) is 4.98 Å². The molecule has 2 unspecified atom stereocenters. The maximum absolute atomic E-state index is 11.8. The van der Waals surface area contributed by atoms with Gasteiger partial charge in [-0.25, -0.2) is 9.99 Å². The van der Waals surface area contributed by atoms with E-state index in [1.807, 2.05) is 30.3 Å². The van der Waals surface area contributed by atoms with Crippen molar-refractivity contribution < 1.29 is 9.90 Å². The minimum atomic E-state index is -0.868. The first-order valence-corrected chi connectivity index (χ1v) is 8.07. The highest BCUT2D eigenvalue weighted by atomic mass is 16.4. The van der Waals surface area contributed by atoms with Crippen LogP contribution < -0.4 is 5.01 Å². The number of hydrogen-bond acceptors (Lipinski definition) is 4. The predicted octanol–water partition coefficient (Wildman–Crippen LogP) is 3.84. The standard InChI is InChI=1S/C19H21N3O2/c1-12(2)14-7-9-15(10-8-14)18-17(19(23)24)13(3)21-22(18)16-6-4-5-11-20-16/h4-12,17-18H,1-3H3,(H,23,24). The van der Waals surface area contributed by atoms with Crippen molar-refractivity contribution in [1.29, 1.82) is 0 Å². The SMILES string of the molecule is CC1=NN(c2ccccn2)C(c2ccc(C(C)C)cc2)C1C(=O)O. The number of carbonyl (C=O) groups is 1. The molecule has 3 rings (SSSR count). The van der Waals surface area contributed by atoms with Crippen LogP contribution in [-0.4, -0.2) is 21.8 Å². The molecule has 0 aliphatic carbocycles. The molecule has 2 atom stereocenters. The van der Waals surface area contributed by atoms with Crippen molar-refractivity contribution in [3.63, 3.8) is 0 Å². The molecule has 1 aliphatic rings. The molecular formula is C19H21N3O2. The van der Waals surface area contributed by atoms with Crippen molar-refractivity contribution in [3.8, 4) is 0 Å². The minimum absolute atomic E-state index is 0.390. The third-order valence-electron chi connectivity index (χ3n) is 4.39. The number of hydrogen-bond donors (Lipinski definition) is 1. The highest BCUT2D eigenvalue weighted by Gasteiger charge is 2.42. The number of pyridine rings is 1. The van der Waals surface area contributed by atoms with Crippen molar-refractivity contribution in [3.05, 3.63) is 59.8 Å². The Kier molecular flexibility index (Phi) is 4.34. The van der Waals surface area contributed by atoms with Crippen LogP contribution in [-0.2, 0) is 4.79 Å². The lowest BCUT2D eigenvalue weighted by Gasteiger charge is -2.26. The van der Waals surface area contributed by atoms with Gasteiger partial charge in [0.25, 0.3) is 0 Å². The first-order valence-electron chi connectivity index (χ1n) is 8.07. The van der Waals surface area contributed by atoms with Crippen LogP contribution in [0.1, 0.15) is 43.9 Å². The quantitative estimate of drug-likeness (QED) is 0.928. The number of anilines is 1. The predicted molar refractivity (Wildman–Crippen MR) is 94.2 cm³/mol. The molecule has 0 saturated heterocycles. The van der Waals surface area contributed by atoms with E-state index in [0.29, 0.717) is 17.4 Å². The number of aliphatic carboxylic acids is 1. The van der Waals surface area contributed by atoms with Crippen LogP contribution in [0, 0.1) is 5.92 Å². The first-order chi connectivity index (χ1) is 11.5. The Morgan fingerprint density at radius 2 is 1.88 bits per heavy atom. The third-order valence-corrected chi connectivity index (χ3v) is 4.39. The summed E-state index contributed by atoms with van der Waals surface area (Å²) in [6.45, 7) is 6.04. The molecule has 0 fully saturated rings. The molecule has 5 nitrogen and oxygen atoms in total. The molecule has 1 aliphatic heterocycles. The summed E-state index contributed by atoms with van der Waals surface area (Å²) >= 11 is 0. The van der Waals surface area contributed by atoms with Gasteiger partial charge in [-0.05, 0) is 36.1 Å². The molecule has 124 valence electrons. The fraction of sp³-hybridized carbons (Fsp3) is 0.316. The van der Waals surface area contributed by atoms with Gasteiger partial charge >= 0.3 is 5.97 Å². The highest BCUT2D eigenvalue weighted by molar-refractivity contribution is 6.03. The summed E-state index contributed by atoms with van der Waals surface area (Å²) < 4.78 is 0. The lowest BCUT2D eigenvalue weighted by Crippen LogP contribution is -2.30. The van der Waals surface area contributed by atoms with E-state index in [1.165, 1.54) is 5.56 Å². The van der Waals surface area contributed by atoms with Crippen LogP contribution in [0.5, 0.6) is 0 Å². The van der Waals surface area contributed by atoms with E-state index < -0.39 is 17.9 Å². The van der Waals surface area contributed by atoms with Gasteiger partial charge in [0.2, 0.25) is 0 Å². The van der Waals surface area contributed by atoms with Gasteiger partial charge in [-0.1, -0.05) is 44.2 Å². The number of aromatic nitrogens is 1. The molecule has 1 aromatic carbocycles.